The molecule has 34 heavy (non-hydrogen) atoms. The Morgan fingerprint density at radius 3 is 2.59 bits per heavy atom. The molecule has 1 aromatic carbocycles. The van der Waals surface area contributed by atoms with E-state index in [2.05, 4.69) is 15.3 Å². The molecule has 3 N–H and O–H groups in total. The van der Waals surface area contributed by atoms with Gasteiger partial charge in [-0.2, -0.15) is 0 Å². The molecule has 4 aromatic heterocycles. The monoisotopic (exact) mass is 463 g/mol. The van der Waals surface area contributed by atoms with Crippen LogP contribution in [0.4, 0.5) is 20.2 Å². The summed E-state index contributed by atoms with van der Waals surface area (Å²) >= 11 is 0. The van der Waals surface area contributed by atoms with Gasteiger partial charge in [0.2, 0.25) is 0 Å². The maximum atomic E-state index is 15.1. The van der Waals surface area contributed by atoms with Crippen molar-refractivity contribution in [1.82, 2.24) is 14.4 Å². The van der Waals surface area contributed by atoms with Gasteiger partial charge in [-0.25, -0.2) is 18.6 Å². The quantitative estimate of drug-likeness (QED) is 0.371. The third kappa shape index (κ3) is 2.99. The van der Waals surface area contributed by atoms with Gasteiger partial charge in [-0.3, -0.25) is 9.20 Å². The number of pyridine rings is 3. The van der Waals surface area contributed by atoms with Crippen LogP contribution in [0.15, 0.2) is 47.5 Å². The molecule has 0 spiro atoms. The van der Waals surface area contributed by atoms with Crippen molar-refractivity contribution in [3.8, 4) is 11.1 Å². The van der Waals surface area contributed by atoms with Gasteiger partial charge in [0.1, 0.15) is 11.2 Å². The number of fused-ring (bicyclic) bond motifs is 4. The second kappa shape index (κ2) is 7.55. The Morgan fingerprint density at radius 1 is 1.18 bits per heavy atom. The van der Waals surface area contributed by atoms with Crippen LogP contribution in [0.3, 0.4) is 0 Å². The van der Waals surface area contributed by atoms with Crippen molar-refractivity contribution in [2.75, 3.05) is 31.4 Å². The molecule has 0 amide bonds. The van der Waals surface area contributed by atoms with E-state index in [1.165, 1.54) is 16.7 Å². The number of aromatic carboxylic acids is 1. The van der Waals surface area contributed by atoms with E-state index in [0.29, 0.717) is 44.6 Å². The molecule has 4 heterocycles. The number of nitrogens with zero attached hydrogens (tertiary/aromatic N) is 3. The molecule has 0 unspecified atom stereocenters. The zero-order valence-electron chi connectivity index (χ0n) is 18.4. The van der Waals surface area contributed by atoms with E-state index in [1.807, 2.05) is 0 Å². The molecule has 0 aliphatic carbocycles. The first kappa shape index (κ1) is 21.4. The number of aromatic amines is 1. The molecule has 8 nitrogen and oxygen atoms in total. The summed E-state index contributed by atoms with van der Waals surface area (Å²) in [5.41, 5.74) is 2.28. The van der Waals surface area contributed by atoms with E-state index in [0.717, 1.165) is 6.07 Å². The lowest BCUT2D eigenvalue weighted by molar-refractivity contribution is 0.0694. The number of carboxylic acids is 1. The maximum absolute atomic E-state index is 15.1. The fourth-order valence-corrected chi connectivity index (χ4v) is 4.33. The molecule has 0 bridgehead atoms. The highest BCUT2D eigenvalue weighted by Gasteiger charge is 2.23. The van der Waals surface area contributed by atoms with E-state index in [9.17, 15) is 19.1 Å². The van der Waals surface area contributed by atoms with Crippen LogP contribution in [0.1, 0.15) is 10.4 Å². The van der Waals surface area contributed by atoms with E-state index in [1.54, 1.807) is 50.4 Å². The van der Waals surface area contributed by atoms with E-state index < -0.39 is 23.2 Å². The highest BCUT2D eigenvalue weighted by molar-refractivity contribution is 6.17. The van der Waals surface area contributed by atoms with Crippen molar-refractivity contribution in [3.05, 3.63) is 70.3 Å². The Kier molecular flexibility index (Phi) is 4.75. The van der Waals surface area contributed by atoms with E-state index in [-0.39, 0.29) is 10.9 Å². The van der Waals surface area contributed by atoms with Crippen molar-refractivity contribution >= 4 is 44.8 Å². The normalized spacial score (nSPS) is 11.4. The minimum Gasteiger partial charge on any atom is -0.477 e. The van der Waals surface area contributed by atoms with Crippen LogP contribution in [-0.2, 0) is 0 Å². The van der Waals surface area contributed by atoms with Crippen LogP contribution in [0.5, 0.6) is 0 Å². The van der Waals surface area contributed by atoms with Gasteiger partial charge in [0.05, 0.1) is 27.7 Å². The number of H-pyrrole nitrogens is 1. The summed E-state index contributed by atoms with van der Waals surface area (Å²) in [5.74, 6) is -3.31. The van der Waals surface area contributed by atoms with Gasteiger partial charge in [-0.1, -0.05) is 6.07 Å². The molecule has 0 atom stereocenters. The second-order valence-electron chi connectivity index (χ2n) is 8.05. The minimum atomic E-state index is -1.32. The Labute approximate surface area is 191 Å². The van der Waals surface area contributed by atoms with Gasteiger partial charge in [0.25, 0.3) is 5.56 Å². The summed E-state index contributed by atoms with van der Waals surface area (Å²) in [4.78, 5) is 33.4. The summed E-state index contributed by atoms with van der Waals surface area (Å²) < 4.78 is 30.7. The average molecular weight is 463 g/mol. The Morgan fingerprint density at radius 2 is 1.91 bits per heavy atom. The number of carboxylic acid groups (broad SMARTS) is 1. The van der Waals surface area contributed by atoms with Crippen LogP contribution in [0.2, 0.25) is 0 Å². The molecule has 0 saturated carbocycles. The molecule has 0 aliphatic heterocycles. The number of hydrogen-bond donors (Lipinski definition) is 3. The lowest BCUT2D eigenvalue weighted by atomic mass is 10.0. The predicted octanol–water partition coefficient (Wildman–Crippen LogP) is 4.08. The van der Waals surface area contributed by atoms with Crippen molar-refractivity contribution < 1.29 is 18.7 Å². The highest BCUT2D eigenvalue weighted by Crippen LogP contribution is 2.42. The number of aromatic nitrogens is 3. The Bertz CT molecular complexity index is 1710. The third-order valence-corrected chi connectivity index (χ3v) is 5.87. The fraction of sp³-hybridized carbons (Fsp3) is 0.125. The summed E-state index contributed by atoms with van der Waals surface area (Å²) in [6, 6.07) is 7.33. The van der Waals surface area contributed by atoms with E-state index in [4.69, 9.17) is 0 Å². The first-order valence-electron chi connectivity index (χ1n) is 10.3. The van der Waals surface area contributed by atoms with Gasteiger partial charge in [0.15, 0.2) is 11.6 Å². The van der Waals surface area contributed by atoms with Gasteiger partial charge in [-0.05, 0) is 18.2 Å². The molecule has 0 aliphatic rings. The molecule has 5 rings (SSSR count). The first-order chi connectivity index (χ1) is 16.2. The number of hydrogen-bond acceptors (Lipinski definition) is 5. The molecular formula is C24H19F2N5O3. The smallest absolute Gasteiger partial charge is 0.341 e. The van der Waals surface area contributed by atoms with Crippen molar-refractivity contribution in [1.29, 1.82) is 0 Å². The predicted molar refractivity (Wildman–Crippen MR) is 127 cm³/mol. The average Bonchev–Trinajstić information content (AvgIpc) is 3.20. The number of carbonyl (C=O) groups is 1. The fourth-order valence-electron chi connectivity index (χ4n) is 4.33. The van der Waals surface area contributed by atoms with Crippen molar-refractivity contribution in [2.45, 2.75) is 0 Å². The molecule has 172 valence electrons. The number of nitrogens with one attached hydrogen (secondary N) is 2. The van der Waals surface area contributed by atoms with Crippen molar-refractivity contribution in [3.63, 3.8) is 0 Å². The number of benzene rings is 1. The molecule has 5 aromatic rings. The van der Waals surface area contributed by atoms with Crippen molar-refractivity contribution in [2.24, 2.45) is 0 Å². The van der Waals surface area contributed by atoms with Crippen LogP contribution < -0.4 is 15.8 Å². The SMILES string of the molecule is CNc1cc(F)c(F)c2c1[nH]c1ncc(-c3ccc4ccc(C(=O)O)c(=O)n4c3)c(N(C)C)c12. The molecule has 0 fully saturated rings. The summed E-state index contributed by atoms with van der Waals surface area (Å²) in [5, 5.41) is 12.6. The zero-order valence-corrected chi connectivity index (χ0v) is 18.4. The zero-order chi connectivity index (χ0) is 24.3. The summed E-state index contributed by atoms with van der Waals surface area (Å²) in [6.45, 7) is 0. The highest BCUT2D eigenvalue weighted by atomic mass is 19.2. The molecule has 10 heteroatoms. The first-order valence-corrected chi connectivity index (χ1v) is 10.3. The van der Waals surface area contributed by atoms with Crippen LogP contribution >= 0.6 is 0 Å². The topological polar surface area (TPSA) is 103 Å². The van der Waals surface area contributed by atoms with Gasteiger partial charge < -0.3 is 20.3 Å². The van der Waals surface area contributed by atoms with Gasteiger partial charge in [0, 0.05) is 56.2 Å². The van der Waals surface area contributed by atoms with Gasteiger partial charge in [-0.15, -0.1) is 0 Å². The second-order valence-corrected chi connectivity index (χ2v) is 8.05. The maximum Gasteiger partial charge on any atom is 0.341 e. The minimum absolute atomic E-state index is 0.0588. The molecular weight excluding hydrogens is 444 g/mol. The lowest BCUT2D eigenvalue weighted by Gasteiger charge is -2.19. The number of halogens is 2. The largest absolute Gasteiger partial charge is 0.477 e. The van der Waals surface area contributed by atoms with Gasteiger partial charge >= 0.3 is 5.97 Å². The Hall–Kier alpha value is -4.47. The Balaban J connectivity index is 1.89. The number of anilines is 2. The van der Waals surface area contributed by atoms with Crippen LogP contribution in [0, 0.1) is 11.6 Å². The lowest BCUT2D eigenvalue weighted by Crippen LogP contribution is -2.21. The standard InChI is InChI=1S/C24H19F2N5O3/c1-27-16-8-15(25)19(26)17-18-21(30(2)3)14(9-28-22(18)29-20(16)17)11-4-5-12-6-7-13(24(33)34)23(32)31(12)10-11/h4-10,27H,1-3H3,(H,28,29)(H,33,34). The summed E-state index contributed by atoms with van der Waals surface area (Å²) in [7, 11) is 5.15. The number of rotatable bonds is 4. The van der Waals surface area contributed by atoms with Crippen LogP contribution in [-0.4, -0.2) is 46.6 Å². The third-order valence-electron chi connectivity index (χ3n) is 5.87. The van der Waals surface area contributed by atoms with Crippen LogP contribution in [0.25, 0.3) is 38.6 Å². The van der Waals surface area contributed by atoms with E-state index >= 15 is 4.39 Å². The molecule has 0 radical (unpaired) electrons. The molecule has 0 saturated heterocycles. The summed E-state index contributed by atoms with van der Waals surface area (Å²) in [6.07, 6.45) is 3.10.